The molecule has 2 aromatic rings. The molecule has 0 radical (unpaired) electrons. The van der Waals surface area contributed by atoms with Crippen LogP contribution in [-0.4, -0.2) is 30.6 Å². The van der Waals surface area contributed by atoms with Crippen LogP contribution in [0, 0.1) is 0 Å². The predicted molar refractivity (Wildman–Crippen MR) is 78.4 cm³/mol. The van der Waals surface area contributed by atoms with E-state index in [0.29, 0.717) is 29.9 Å². The van der Waals surface area contributed by atoms with Gasteiger partial charge in [-0.1, -0.05) is 0 Å². The number of hydrogen-bond acceptors (Lipinski definition) is 5. The number of rotatable bonds is 6. The lowest BCUT2D eigenvalue weighted by atomic mass is 10.1. The van der Waals surface area contributed by atoms with Crippen molar-refractivity contribution in [2.75, 3.05) is 13.7 Å². The van der Waals surface area contributed by atoms with Crippen molar-refractivity contribution in [1.29, 1.82) is 0 Å². The maximum absolute atomic E-state index is 11.9. The highest BCUT2D eigenvalue weighted by Crippen LogP contribution is 2.15. The van der Waals surface area contributed by atoms with Gasteiger partial charge in [-0.15, -0.1) is 0 Å². The van der Waals surface area contributed by atoms with Crippen LogP contribution in [0.2, 0.25) is 0 Å². The van der Waals surface area contributed by atoms with Crippen LogP contribution in [0.15, 0.2) is 47.1 Å². The van der Waals surface area contributed by atoms with Crippen molar-refractivity contribution in [2.24, 2.45) is 0 Å². The van der Waals surface area contributed by atoms with Crippen molar-refractivity contribution in [2.45, 2.75) is 12.5 Å². The number of carbonyl (C=O) groups excluding carboxylic acids is 2. The molecule has 2 N–H and O–H groups in total. The quantitative estimate of drug-likeness (QED) is 0.796. The monoisotopic (exact) mass is 303 g/mol. The van der Waals surface area contributed by atoms with E-state index < -0.39 is 12.1 Å². The standard InChI is InChI=1S/C16H17NO5/c1-21-16(20)12-6-4-11(5-7-12)15(19)17-9-8-13(18)14-3-2-10-22-14/h2-7,10,13,18H,8-9H2,1H3,(H,17,19)/t13-/m1/s1. The summed E-state index contributed by atoms with van der Waals surface area (Å²) in [6.07, 6.45) is 1.08. The molecule has 0 bridgehead atoms. The van der Waals surface area contributed by atoms with Gasteiger partial charge in [0.25, 0.3) is 5.91 Å². The van der Waals surface area contributed by atoms with Crippen LogP contribution in [0.3, 0.4) is 0 Å². The van der Waals surface area contributed by atoms with Crippen LogP contribution in [-0.2, 0) is 4.74 Å². The molecule has 0 aliphatic rings. The Balaban J connectivity index is 1.83. The molecule has 0 unspecified atom stereocenters. The molecule has 0 saturated heterocycles. The Morgan fingerprint density at radius 2 is 1.91 bits per heavy atom. The number of esters is 1. The summed E-state index contributed by atoms with van der Waals surface area (Å²) in [7, 11) is 1.30. The van der Waals surface area contributed by atoms with Crippen molar-refractivity contribution in [3.63, 3.8) is 0 Å². The largest absolute Gasteiger partial charge is 0.467 e. The first-order chi connectivity index (χ1) is 10.6. The second-order valence-electron chi connectivity index (χ2n) is 4.64. The molecule has 1 atom stereocenters. The Kier molecular flexibility index (Phi) is 5.32. The van der Waals surface area contributed by atoms with Gasteiger partial charge in [0.05, 0.1) is 18.9 Å². The Morgan fingerprint density at radius 1 is 1.23 bits per heavy atom. The molecule has 0 saturated carbocycles. The molecular weight excluding hydrogens is 286 g/mol. The molecule has 1 heterocycles. The molecule has 0 spiro atoms. The lowest BCUT2D eigenvalue weighted by Gasteiger charge is -2.09. The summed E-state index contributed by atoms with van der Waals surface area (Å²) in [5.41, 5.74) is 0.812. The second-order valence-corrected chi connectivity index (χ2v) is 4.64. The zero-order chi connectivity index (χ0) is 15.9. The van der Waals surface area contributed by atoms with E-state index in [-0.39, 0.29) is 5.91 Å². The predicted octanol–water partition coefficient (Wildman–Crippen LogP) is 1.92. The fourth-order valence-electron chi connectivity index (χ4n) is 1.92. The molecule has 6 nitrogen and oxygen atoms in total. The molecule has 1 amide bonds. The SMILES string of the molecule is COC(=O)c1ccc(C(=O)NCC[C@@H](O)c2ccco2)cc1. The average molecular weight is 303 g/mol. The highest BCUT2D eigenvalue weighted by molar-refractivity contribution is 5.96. The minimum absolute atomic E-state index is 0.275. The number of methoxy groups -OCH3 is 1. The number of aliphatic hydroxyl groups is 1. The van der Waals surface area contributed by atoms with Crippen LogP contribution in [0.25, 0.3) is 0 Å². The third-order valence-corrected chi connectivity index (χ3v) is 3.14. The summed E-state index contributed by atoms with van der Waals surface area (Å²) < 4.78 is 9.66. The number of amides is 1. The summed E-state index contributed by atoms with van der Waals surface area (Å²) in [5, 5.41) is 12.5. The van der Waals surface area contributed by atoms with Gasteiger partial charge >= 0.3 is 5.97 Å². The highest BCUT2D eigenvalue weighted by Gasteiger charge is 2.12. The third-order valence-electron chi connectivity index (χ3n) is 3.14. The van der Waals surface area contributed by atoms with Crippen LogP contribution in [0.1, 0.15) is 39.0 Å². The molecule has 1 aromatic carbocycles. The highest BCUT2D eigenvalue weighted by atomic mass is 16.5. The van der Waals surface area contributed by atoms with Crippen LogP contribution < -0.4 is 5.32 Å². The number of nitrogens with one attached hydrogen (secondary N) is 1. The molecule has 2 rings (SSSR count). The van der Waals surface area contributed by atoms with Crippen LogP contribution in [0.5, 0.6) is 0 Å². The summed E-state index contributed by atoms with van der Waals surface area (Å²) in [6.45, 7) is 0.305. The number of furan rings is 1. The van der Waals surface area contributed by atoms with E-state index in [1.807, 2.05) is 0 Å². The Morgan fingerprint density at radius 3 is 2.50 bits per heavy atom. The van der Waals surface area contributed by atoms with Gasteiger partial charge in [-0.2, -0.15) is 0 Å². The summed E-state index contributed by atoms with van der Waals surface area (Å²) in [6, 6.07) is 9.52. The fraction of sp³-hybridized carbons (Fsp3) is 0.250. The number of carbonyl (C=O) groups is 2. The van der Waals surface area contributed by atoms with Crippen molar-refractivity contribution in [3.05, 3.63) is 59.5 Å². The van der Waals surface area contributed by atoms with E-state index in [4.69, 9.17) is 4.42 Å². The second kappa shape index (κ2) is 7.42. The molecule has 0 aliphatic carbocycles. The number of aliphatic hydroxyl groups excluding tert-OH is 1. The Hall–Kier alpha value is -2.60. The number of benzene rings is 1. The van der Waals surface area contributed by atoms with Gasteiger partial charge in [0.2, 0.25) is 0 Å². The maximum atomic E-state index is 11.9. The van der Waals surface area contributed by atoms with Crippen molar-refractivity contribution >= 4 is 11.9 Å². The summed E-state index contributed by atoms with van der Waals surface area (Å²) >= 11 is 0. The molecule has 6 heteroatoms. The van der Waals surface area contributed by atoms with E-state index in [1.54, 1.807) is 24.3 Å². The number of hydrogen-bond donors (Lipinski definition) is 2. The topological polar surface area (TPSA) is 88.8 Å². The lowest BCUT2D eigenvalue weighted by molar-refractivity contribution is 0.0600. The van der Waals surface area contributed by atoms with E-state index >= 15 is 0 Å². The van der Waals surface area contributed by atoms with Gasteiger partial charge in [0.1, 0.15) is 11.9 Å². The maximum Gasteiger partial charge on any atom is 0.337 e. The van der Waals surface area contributed by atoms with Crippen molar-refractivity contribution in [1.82, 2.24) is 5.32 Å². The first-order valence-electron chi connectivity index (χ1n) is 6.80. The van der Waals surface area contributed by atoms with Crippen molar-refractivity contribution in [3.8, 4) is 0 Å². The Labute approximate surface area is 127 Å². The zero-order valence-electron chi connectivity index (χ0n) is 12.1. The van der Waals surface area contributed by atoms with Gasteiger partial charge in [0, 0.05) is 12.1 Å². The zero-order valence-corrected chi connectivity index (χ0v) is 12.1. The fourth-order valence-corrected chi connectivity index (χ4v) is 1.92. The minimum Gasteiger partial charge on any atom is -0.467 e. The molecule has 116 valence electrons. The molecular formula is C16H17NO5. The molecule has 22 heavy (non-hydrogen) atoms. The molecule has 0 aliphatic heterocycles. The number of ether oxygens (including phenoxy) is 1. The molecule has 1 aromatic heterocycles. The molecule has 0 fully saturated rings. The van der Waals surface area contributed by atoms with Gasteiger partial charge < -0.3 is 19.6 Å². The summed E-state index contributed by atoms with van der Waals surface area (Å²) in [4.78, 5) is 23.2. The minimum atomic E-state index is -0.753. The van der Waals surface area contributed by atoms with Crippen LogP contribution >= 0.6 is 0 Å². The van der Waals surface area contributed by atoms with Crippen molar-refractivity contribution < 1.29 is 23.8 Å². The van der Waals surface area contributed by atoms with E-state index in [0.717, 1.165) is 0 Å². The normalized spacial score (nSPS) is 11.7. The van der Waals surface area contributed by atoms with Gasteiger partial charge in [-0.3, -0.25) is 4.79 Å². The summed E-state index contributed by atoms with van der Waals surface area (Å²) in [5.74, 6) is -0.256. The first kappa shape index (κ1) is 15.8. The van der Waals surface area contributed by atoms with Gasteiger partial charge in [0.15, 0.2) is 0 Å². The first-order valence-corrected chi connectivity index (χ1v) is 6.80. The lowest BCUT2D eigenvalue weighted by Crippen LogP contribution is -2.25. The van der Waals surface area contributed by atoms with Gasteiger partial charge in [-0.05, 0) is 42.8 Å². The Bertz CT molecular complexity index is 618. The van der Waals surface area contributed by atoms with E-state index in [9.17, 15) is 14.7 Å². The third kappa shape index (κ3) is 3.95. The average Bonchev–Trinajstić information content (AvgIpc) is 3.08. The smallest absolute Gasteiger partial charge is 0.337 e. The van der Waals surface area contributed by atoms with Crippen LogP contribution in [0.4, 0.5) is 0 Å². The van der Waals surface area contributed by atoms with Gasteiger partial charge in [-0.25, -0.2) is 4.79 Å². The van der Waals surface area contributed by atoms with E-state index in [1.165, 1.54) is 25.5 Å². The van der Waals surface area contributed by atoms with E-state index in [2.05, 4.69) is 10.1 Å².